The molecule has 0 aromatic heterocycles. The Morgan fingerprint density at radius 1 is 0.667 bits per heavy atom. The molecule has 0 unspecified atom stereocenters. The van der Waals surface area contributed by atoms with Crippen molar-refractivity contribution in [2.75, 3.05) is 10.6 Å². The van der Waals surface area contributed by atoms with Gasteiger partial charge in [-0.1, -0.05) is 12.1 Å². The summed E-state index contributed by atoms with van der Waals surface area (Å²) in [6.45, 7) is 10.7. The Morgan fingerprint density at radius 2 is 1.03 bits per heavy atom. The largest absolute Gasteiger partial charge is 0.444 e. The van der Waals surface area contributed by atoms with Crippen molar-refractivity contribution in [1.82, 2.24) is 0 Å². The Kier molecular flexibility index (Phi) is 5.33. The van der Waals surface area contributed by atoms with E-state index in [1.165, 1.54) is 0 Å². The predicted octanol–water partition coefficient (Wildman–Crippen LogP) is 5.59. The third-order valence-electron chi connectivity index (χ3n) is 4.11. The number of ketones is 1. The first-order chi connectivity index (χ1) is 13.8. The summed E-state index contributed by atoms with van der Waals surface area (Å²) in [5, 5.41) is 5.30. The number of hydrogen-bond acceptors (Lipinski definition) is 5. The number of anilines is 2. The Labute approximate surface area is 175 Å². The van der Waals surface area contributed by atoms with Crippen LogP contribution in [-0.4, -0.2) is 29.2 Å². The highest BCUT2D eigenvalue weighted by atomic mass is 16.6. The molecular weight excluding hydrogens is 384 g/mol. The van der Waals surface area contributed by atoms with Gasteiger partial charge in [0.2, 0.25) is 0 Å². The number of benzene rings is 2. The van der Waals surface area contributed by atoms with E-state index >= 15 is 0 Å². The number of rotatable bonds is 2. The average Bonchev–Trinajstić information content (AvgIpc) is 2.83. The van der Waals surface area contributed by atoms with Crippen molar-refractivity contribution >= 4 is 29.3 Å². The maximum atomic E-state index is 12.9. The number of nitrogens with one attached hydrogen (secondary N) is 2. The van der Waals surface area contributed by atoms with E-state index < -0.39 is 23.4 Å². The summed E-state index contributed by atoms with van der Waals surface area (Å²) in [5.41, 5.74) is 2.20. The van der Waals surface area contributed by atoms with Gasteiger partial charge in [-0.25, -0.2) is 9.59 Å². The van der Waals surface area contributed by atoms with Crippen molar-refractivity contribution in [2.24, 2.45) is 0 Å². The molecule has 30 heavy (non-hydrogen) atoms. The van der Waals surface area contributed by atoms with Gasteiger partial charge in [-0.3, -0.25) is 15.4 Å². The van der Waals surface area contributed by atoms with Crippen LogP contribution in [-0.2, 0) is 9.47 Å². The molecule has 7 heteroatoms. The molecule has 3 rings (SSSR count). The first-order valence-corrected chi connectivity index (χ1v) is 9.65. The summed E-state index contributed by atoms with van der Waals surface area (Å²) in [6, 6.07) is 10.3. The van der Waals surface area contributed by atoms with E-state index in [4.69, 9.17) is 9.47 Å². The Hall–Kier alpha value is -3.35. The van der Waals surface area contributed by atoms with Crippen molar-refractivity contribution in [3.05, 3.63) is 47.5 Å². The van der Waals surface area contributed by atoms with E-state index in [1.807, 2.05) is 0 Å². The molecule has 0 fully saturated rings. The van der Waals surface area contributed by atoms with Gasteiger partial charge >= 0.3 is 12.2 Å². The Balaban J connectivity index is 1.79. The number of carbonyl (C=O) groups is 3. The zero-order chi connectivity index (χ0) is 22.3. The Bertz CT molecular complexity index is 947. The zero-order valence-corrected chi connectivity index (χ0v) is 18.0. The molecule has 0 radical (unpaired) electrons. The van der Waals surface area contributed by atoms with E-state index in [-0.39, 0.29) is 5.78 Å². The summed E-state index contributed by atoms with van der Waals surface area (Å²) >= 11 is 0. The van der Waals surface area contributed by atoms with Gasteiger partial charge < -0.3 is 9.47 Å². The lowest BCUT2D eigenvalue weighted by Crippen LogP contribution is -2.27. The van der Waals surface area contributed by atoms with Gasteiger partial charge in [-0.15, -0.1) is 0 Å². The SMILES string of the molecule is CC(C)(C)OC(=O)Nc1ccc2c(c1)C(=O)c1cc(NC(=O)OC(C)(C)C)ccc1-2. The second-order valence-electron chi connectivity index (χ2n) is 9.10. The summed E-state index contributed by atoms with van der Waals surface area (Å²) in [4.78, 5) is 36.9. The highest BCUT2D eigenvalue weighted by molar-refractivity contribution is 6.22. The maximum Gasteiger partial charge on any atom is 0.412 e. The number of amides is 2. The number of hydrogen-bond donors (Lipinski definition) is 2. The monoisotopic (exact) mass is 410 g/mol. The van der Waals surface area contributed by atoms with Gasteiger partial charge in [-0.05, 0) is 76.9 Å². The van der Waals surface area contributed by atoms with Crippen LogP contribution in [0.2, 0.25) is 0 Å². The van der Waals surface area contributed by atoms with Gasteiger partial charge in [0, 0.05) is 22.5 Å². The van der Waals surface area contributed by atoms with Crippen LogP contribution in [0.5, 0.6) is 0 Å². The number of fused-ring (bicyclic) bond motifs is 3. The highest BCUT2D eigenvalue weighted by Gasteiger charge is 2.28. The summed E-state index contributed by atoms with van der Waals surface area (Å²) < 4.78 is 10.5. The van der Waals surface area contributed by atoms with Crippen LogP contribution in [0.15, 0.2) is 36.4 Å². The van der Waals surface area contributed by atoms with Crippen molar-refractivity contribution in [3.8, 4) is 11.1 Å². The van der Waals surface area contributed by atoms with Crippen molar-refractivity contribution in [2.45, 2.75) is 52.7 Å². The van der Waals surface area contributed by atoms with Gasteiger partial charge in [0.1, 0.15) is 11.2 Å². The Morgan fingerprint density at radius 3 is 1.37 bits per heavy atom. The summed E-state index contributed by atoms with van der Waals surface area (Å²) in [5.74, 6) is -0.180. The molecule has 1 aliphatic rings. The smallest absolute Gasteiger partial charge is 0.412 e. The summed E-state index contributed by atoms with van der Waals surface area (Å²) in [7, 11) is 0. The summed E-state index contributed by atoms with van der Waals surface area (Å²) in [6.07, 6.45) is -1.18. The average molecular weight is 410 g/mol. The molecule has 0 aliphatic heterocycles. The third-order valence-corrected chi connectivity index (χ3v) is 4.11. The topological polar surface area (TPSA) is 93.7 Å². The second kappa shape index (κ2) is 7.48. The minimum absolute atomic E-state index is 0.180. The number of carbonyl (C=O) groups excluding carboxylic acids is 3. The van der Waals surface area contributed by atoms with E-state index in [9.17, 15) is 14.4 Å². The third kappa shape index (κ3) is 4.97. The standard InChI is InChI=1S/C23H26N2O5/c1-22(2,3)29-20(27)24-13-7-9-15-16-10-8-14(25-21(28)30-23(4,5)6)12-18(16)19(26)17(15)11-13/h7-12H,1-6H3,(H,24,27)(H,25,28). The fourth-order valence-corrected chi connectivity index (χ4v) is 3.08. The first kappa shape index (κ1) is 21.4. The quantitative estimate of drug-likeness (QED) is 0.574. The number of ether oxygens (including phenoxy) is 2. The van der Waals surface area contributed by atoms with Crippen molar-refractivity contribution in [1.29, 1.82) is 0 Å². The lowest BCUT2D eigenvalue weighted by atomic mass is 10.1. The molecule has 0 saturated heterocycles. The van der Waals surface area contributed by atoms with Crippen molar-refractivity contribution < 1.29 is 23.9 Å². The predicted molar refractivity (Wildman–Crippen MR) is 115 cm³/mol. The van der Waals surface area contributed by atoms with Gasteiger partial charge in [-0.2, -0.15) is 0 Å². The molecule has 0 bridgehead atoms. The minimum Gasteiger partial charge on any atom is -0.444 e. The van der Waals surface area contributed by atoms with Gasteiger partial charge in [0.15, 0.2) is 5.78 Å². The molecule has 7 nitrogen and oxygen atoms in total. The molecule has 2 aromatic carbocycles. The molecule has 1 aliphatic carbocycles. The van der Waals surface area contributed by atoms with Gasteiger partial charge in [0.05, 0.1) is 0 Å². The molecule has 2 amide bonds. The van der Waals surface area contributed by atoms with Crippen LogP contribution in [0.1, 0.15) is 57.5 Å². The first-order valence-electron chi connectivity index (χ1n) is 9.65. The molecule has 2 N–H and O–H groups in total. The normalized spacial score (nSPS) is 12.7. The lowest BCUT2D eigenvalue weighted by molar-refractivity contribution is 0.0624. The highest BCUT2D eigenvalue weighted by Crippen LogP contribution is 2.39. The molecule has 2 aromatic rings. The van der Waals surface area contributed by atoms with Crippen molar-refractivity contribution in [3.63, 3.8) is 0 Å². The molecule has 0 spiro atoms. The van der Waals surface area contributed by atoms with E-state index in [2.05, 4.69) is 10.6 Å². The van der Waals surface area contributed by atoms with Crippen LogP contribution in [0, 0.1) is 0 Å². The molecule has 0 saturated carbocycles. The van der Waals surface area contributed by atoms with Crippen LogP contribution >= 0.6 is 0 Å². The van der Waals surface area contributed by atoms with E-state index in [0.717, 1.165) is 11.1 Å². The molecule has 158 valence electrons. The molecular formula is C23H26N2O5. The van der Waals surface area contributed by atoms with Crippen LogP contribution < -0.4 is 10.6 Å². The molecule has 0 atom stereocenters. The minimum atomic E-state index is -0.621. The second-order valence-corrected chi connectivity index (χ2v) is 9.10. The van der Waals surface area contributed by atoms with Crippen LogP contribution in [0.3, 0.4) is 0 Å². The fraction of sp³-hybridized carbons (Fsp3) is 0.348. The van der Waals surface area contributed by atoms with E-state index in [1.54, 1.807) is 77.9 Å². The zero-order valence-electron chi connectivity index (χ0n) is 18.0. The molecule has 0 heterocycles. The van der Waals surface area contributed by atoms with Crippen LogP contribution in [0.25, 0.3) is 11.1 Å². The van der Waals surface area contributed by atoms with Crippen LogP contribution in [0.4, 0.5) is 21.0 Å². The maximum absolute atomic E-state index is 12.9. The van der Waals surface area contributed by atoms with Gasteiger partial charge in [0.25, 0.3) is 0 Å². The fourth-order valence-electron chi connectivity index (χ4n) is 3.08. The van der Waals surface area contributed by atoms with E-state index in [0.29, 0.717) is 22.5 Å². The lowest BCUT2D eigenvalue weighted by Gasteiger charge is -2.19.